The summed E-state index contributed by atoms with van der Waals surface area (Å²) in [7, 11) is 0. The lowest BCUT2D eigenvalue weighted by Gasteiger charge is -2.26. The molecule has 8 rings (SSSR count). The number of nitrogens with zero attached hydrogens (tertiary/aromatic N) is 2. The minimum absolute atomic E-state index is 1.11. The minimum Gasteiger partial charge on any atom is -0.311 e. The summed E-state index contributed by atoms with van der Waals surface area (Å²) in [5, 5.41) is 0. The summed E-state index contributed by atoms with van der Waals surface area (Å²) in [4.78, 5) is 4.63. The quantitative estimate of drug-likeness (QED) is 0.132. The van der Waals surface area contributed by atoms with Gasteiger partial charge in [-0.3, -0.25) is 0 Å². The Morgan fingerprint density at radius 2 is 0.500 bits per heavy atom. The Morgan fingerprint density at radius 1 is 0.259 bits per heavy atom. The van der Waals surface area contributed by atoms with E-state index in [1.54, 1.807) is 0 Å². The zero-order valence-electron chi connectivity index (χ0n) is 30.7. The third kappa shape index (κ3) is 7.79. The molecule has 0 aliphatic rings. The van der Waals surface area contributed by atoms with E-state index in [-0.39, 0.29) is 0 Å². The maximum atomic E-state index is 2.31. The topological polar surface area (TPSA) is 6.48 Å². The largest absolute Gasteiger partial charge is 0.311 e. The van der Waals surface area contributed by atoms with Crippen molar-refractivity contribution in [3.05, 3.63) is 229 Å². The maximum Gasteiger partial charge on any atom is 0.0462 e. The molecule has 0 radical (unpaired) electrons. The van der Waals surface area contributed by atoms with E-state index in [1.807, 2.05) is 0 Å². The third-order valence-electron chi connectivity index (χ3n) is 9.82. The molecule has 0 bridgehead atoms. The smallest absolute Gasteiger partial charge is 0.0462 e. The molecule has 0 amide bonds. The predicted molar refractivity (Wildman–Crippen MR) is 232 cm³/mol. The van der Waals surface area contributed by atoms with Gasteiger partial charge < -0.3 is 9.80 Å². The molecule has 8 aromatic rings. The molecule has 0 heterocycles. The van der Waals surface area contributed by atoms with Crippen molar-refractivity contribution in [1.82, 2.24) is 0 Å². The van der Waals surface area contributed by atoms with Crippen molar-refractivity contribution in [1.29, 1.82) is 0 Å². The molecule has 0 aromatic heterocycles. The molecule has 0 atom stereocenters. The van der Waals surface area contributed by atoms with E-state index in [4.69, 9.17) is 0 Å². The molecule has 0 saturated carbocycles. The number of anilines is 6. The lowest BCUT2D eigenvalue weighted by Crippen LogP contribution is -2.09. The molecule has 0 aliphatic heterocycles. The van der Waals surface area contributed by atoms with Gasteiger partial charge in [0.05, 0.1) is 0 Å². The van der Waals surface area contributed by atoms with Crippen molar-refractivity contribution in [2.75, 3.05) is 9.80 Å². The van der Waals surface area contributed by atoms with Crippen LogP contribution in [0.4, 0.5) is 34.1 Å². The summed E-state index contributed by atoms with van der Waals surface area (Å²) in [6.45, 7) is 4.25. The fourth-order valence-electron chi connectivity index (χ4n) is 6.81. The second kappa shape index (κ2) is 15.8. The summed E-state index contributed by atoms with van der Waals surface area (Å²) in [5.41, 5.74) is 16.3. The molecule has 0 spiro atoms. The van der Waals surface area contributed by atoms with Gasteiger partial charge in [0, 0.05) is 34.1 Å². The van der Waals surface area contributed by atoms with Crippen LogP contribution in [0.3, 0.4) is 0 Å². The maximum absolute atomic E-state index is 2.31. The second-order valence-electron chi connectivity index (χ2n) is 13.7. The van der Waals surface area contributed by atoms with Crippen molar-refractivity contribution < 1.29 is 0 Å². The molecule has 2 nitrogen and oxygen atoms in total. The highest BCUT2D eigenvalue weighted by atomic mass is 15.1. The lowest BCUT2D eigenvalue weighted by molar-refractivity contribution is 1.27. The zero-order valence-corrected chi connectivity index (χ0v) is 30.7. The van der Waals surface area contributed by atoms with Crippen LogP contribution in [-0.2, 0) is 0 Å². The first-order chi connectivity index (χ1) is 26.6. The number of aryl methyl sites for hydroxylation is 2. The zero-order chi connectivity index (χ0) is 36.7. The first-order valence-electron chi connectivity index (χ1n) is 18.5. The van der Waals surface area contributed by atoms with Gasteiger partial charge in [-0.1, -0.05) is 157 Å². The highest BCUT2D eigenvalue weighted by molar-refractivity contribution is 5.81. The van der Waals surface area contributed by atoms with Crippen LogP contribution in [0.2, 0.25) is 0 Å². The van der Waals surface area contributed by atoms with Crippen LogP contribution in [0, 0.1) is 13.8 Å². The fourth-order valence-corrected chi connectivity index (χ4v) is 6.81. The summed E-state index contributed by atoms with van der Waals surface area (Å²) in [6.07, 6.45) is 4.37. The monoisotopic (exact) mass is 694 g/mol. The van der Waals surface area contributed by atoms with Gasteiger partial charge in [0.1, 0.15) is 0 Å². The number of rotatable bonds is 10. The molecule has 54 heavy (non-hydrogen) atoms. The average Bonchev–Trinajstić information content (AvgIpc) is 3.24. The van der Waals surface area contributed by atoms with Gasteiger partial charge in [-0.25, -0.2) is 0 Å². The Kier molecular flexibility index (Phi) is 9.99. The van der Waals surface area contributed by atoms with Crippen molar-refractivity contribution in [3.8, 4) is 22.3 Å². The van der Waals surface area contributed by atoms with E-state index in [1.165, 1.54) is 33.4 Å². The van der Waals surface area contributed by atoms with Crippen molar-refractivity contribution >= 4 is 46.3 Å². The Bertz CT molecular complexity index is 2250. The summed E-state index contributed by atoms with van der Waals surface area (Å²) in [6, 6.07) is 73.7. The van der Waals surface area contributed by atoms with Gasteiger partial charge in [-0.2, -0.15) is 0 Å². The summed E-state index contributed by atoms with van der Waals surface area (Å²) >= 11 is 0. The van der Waals surface area contributed by atoms with E-state index in [0.717, 1.165) is 45.3 Å². The molecule has 0 fully saturated rings. The molecule has 0 aliphatic carbocycles. The van der Waals surface area contributed by atoms with E-state index >= 15 is 0 Å². The van der Waals surface area contributed by atoms with Gasteiger partial charge in [0.2, 0.25) is 0 Å². The SMILES string of the molecule is Cc1ccc(N(c2ccc(C=Cc3ccc(N(c4ccc(C)cc4)c4ccc(-c5ccccc5)cc4)cc3)cc2)c2ccc(-c3ccccc3)cc2)cc1. The van der Waals surface area contributed by atoms with Crippen LogP contribution in [0.25, 0.3) is 34.4 Å². The molecule has 0 unspecified atom stereocenters. The Hall–Kier alpha value is -6.90. The van der Waals surface area contributed by atoms with E-state index in [2.05, 4.69) is 242 Å². The lowest BCUT2D eigenvalue weighted by atomic mass is 10.0. The number of hydrogen-bond donors (Lipinski definition) is 0. The Morgan fingerprint density at radius 3 is 0.796 bits per heavy atom. The number of hydrogen-bond acceptors (Lipinski definition) is 2. The van der Waals surface area contributed by atoms with Crippen LogP contribution in [-0.4, -0.2) is 0 Å². The van der Waals surface area contributed by atoms with E-state index in [0.29, 0.717) is 0 Å². The Labute approximate surface area is 319 Å². The molecule has 2 heteroatoms. The van der Waals surface area contributed by atoms with Gasteiger partial charge in [0.25, 0.3) is 0 Å². The average molecular weight is 695 g/mol. The Balaban J connectivity index is 1.03. The molecule has 0 saturated heterocycles. The highest BCUT2D eigenvalue weighted by Crippen LogP contribution is 2.38. The van der Waals surface area contributed by atoms with E-state index in [9.17, 15) is 0 Å². The third-order valence-corrected chi connectivity index (χ3v) is 9.82. The van der Waals surface area contributed by atoms with Crippen molar-refractivity contribution in [3.63, 3.8) is 0 Å². The number of benzene rings is 8. The normalized spacial score (nSPS) is 11.1. The van der Waals surface area contributed by atoms with Gasteiger partial charge in [-0.15, -0.1) is 0 Å². The first kappa shape index (κ1) is 34.2. The van der Waals surface area contributed by atoms with Crippen LogP contribution in [0.1, 0.15) is 22.3 Å². The molecular formula is C52H42N2. The van der Waals surface area contributed by atoms with Crippen LogP contribution >= 0.6 is 0 Å². The van der Waals surface area contributed by atoms with E-state index < -0.39 is 0 Å². The van der Waals surface area contributed by atoms with Gasteiger partial charge >= 0.3 is 0 Å². The van der Waals surface area contributed by atoms with Gasteiger partial charge in [-0.05, 0) is 120 Å². The first-order valence-corrected chi connectivity index (χ1v) is 18.5. The summed E-state index contributed by atoms with van der Waals surface area (Å²) < 4.78 is 0. The minimum atomic E-state index is 1.11. The van der Waals surface area contributed by atoms with Crippen LogP contribution in [0.5, 0.6) is 0 Å². The van der Waals surface area contributed by atoms with Gasteiger partial charge in [0.15, 0.2) is 0 Å². The van der Waals surface area contributed by atoms with Crippen molar-refractivity contribution in [2.24, 2.45) is 0 Å². The second-order valence-corrected chi connectivity index (χ2v) is 13.7. The fraction of sp³-hybridized carbons (Fsp3) is 0.0385. The van der Waals surface area contributed by atoms with Crippen LogP contribution < -0.4 is 9.80 Å². The molecule has 260 valence electrons. The predicted octanol–water partition coefficient (Wildman–Crippen LogP) is 14.7. The molecule has 8 aromatic carbocycles. The van der Waals surface area contributed by atoms with Crippen LogP contribution in [0.15, 0.2) is 206 Å². The molecular weight excluding hydrogens is 653 g/mol. The highest BCUT2D eigenvalue weighted by Gasteiger charge is 2.14. The summed E-state index contributed by atoms with van der Waals surface area (Å²) in [5.74, 6) is 0. The molecule has 0 N–H and O–H groups in total. The standard InChI is InChI=1S/C52H42N2/c1-39-13-27-47(28-14-39)53(51-35-23-45(24-36-51)43-9-5-3-6-10-43)49-31-19-41(20-32-49)17-18-42-21-33-50(34-22-42)54(48-29-15-40(2)16-30-48)52-37-25-46(26-38-52)44-11-7-4-8-12-44/h3-38H,1-2H3. The van der Waals surface area contributed by atoms with Crippen molar-refractivity contribution in [2.45, 2.75) is 13.8 Å².